The van der Waals surface area contributed by atoms with Crippen molar-refractivity contribution in [1.82, 2.24) is 0 Å². The molecule has 0 unspecified atom stereocenters. The molecule has 33 heavy (non-hydrogen) atoms. The maximum Gasteiger partial charge on any atom is 0.261 e. The summed E-state index contributed by atoms with van der Waals surface area (Å²) in [5, 5.41) is 0. The first-order valence-corrected chi connectivity index (χ1v) is 13.1. The number of carbonyl (C=O) groups excluding carboxylic acids is 1. The van der Waals surface area contributed by atoms with Crippen LogP contribution in [0, 0.1) is 20.8 Å². The third-order valence-electron chi connectivity index (χ3n) is 4.49. The quantitative estimate of drug-likeness (QED) is 0.389. The molecule has 0 aromatic heterocycles. The van der Waals surface area contributed by atoms with E-state index in [-0.39, 0.29) is 16.4 Å². The van der Waals surface area contributed by atoms with Gasteiger partial charge in [-0.25, -0.2) is 8.42 Å². The van der Waals surface area contributed by atoms with Gasteiger partial charge in [0.25, 0.3) is 10.0 Å². The van der Waals surface area contributed by atoms with Gasteiger partial charge in [0, 0.05) is 11.1 Å². The molecule has 3 aromatic carbocycles. The average Bonchev–Trinajstić information content (AvgIpc) is 2.85. The third kappa shape index (κ3) is 8.50. The second-order valence-corrected chi connectivity index (χ2v) is 8.28. The summed E-state index contributed by atoms with van der Waals surface area (Å²) in [5.74, 6) is -0.222. The molecule has 0 aliphatic carbocycles. The van der Waals surface area contributed by atoms with Gasteiger partial charge in [-0.05, 0) is 56.2 Å². The first-order valence-electron chi connectivity index (χ1n) is 11.6. The summed E-state index contributed by atoms with van der Waals surface area (Å²) in [6, 6.07) is 18.9. The predicted octanol–water partition coefficient (Wildman–Crippen LogP) is 7.72. The Labute approximate surface area is 201 Å². The molecule has 0 heterocycles. The maximum atomic E-state index is 13.0. The molecule has 0 fully saturated rings. The molecule has 0 aliphatic heterocycles. The number of carbonyl (C=O) groups is 1. The molecule has 0 saturated heterocycles. The van der Waals surface area contributed by atoms with E-state index in [1.54, 1.807) is 60.7 Å². The molecule has 3 aromatic rings. The van der Waals surface area contributed by atoms with E-state index in [4.69, 9.17) is 0 Å². The van der Waals surface area contributed by atoms with Gasteiger partial charge in [0.05, 0.1) is 10.6 Å². The Kier molecular flexibility index (Phi) is 13.7. The van der Waals surface area contributed by atoms with Crippen LogP contribution in [0.15, 0.2) is 71.6 Å². The fraction of sp³-hybridized carbons (Fsp3) is 0.321. The number of sulfonamides is 1. The van der Waals surface area contributed by atoms with Crippen LogP contribution in [0.3, 0.4) is 0 Å². The molecule has 4 nitrogen and oxygen atoms in total. The molecular weight excluding hydrogens is 430 g/mol. The monoisotopic (exact) mass is 469 g/mol. The van der Waals surface area contributed by atoms with Gasteiger partial charge >= 0.3 is 0 Å². The summed E-state index contributed by atoms with van der Waals surface area (Å²) in [4.78, 5) is 13.1. The van der Waals surface area contributed by atoms with E-state index in [9.17, 15) is 13.2 Å². The third-order valence-corrected chi connectivity index (χ3v) is 5.87. The van der Waals surface area contributed by atoms with Gasteiger partial charge in [0.1, 0.15) is 0 Å². The lowest BCUT2D eigenvalue weighted by molar-refractivity contribution is 0.103. The topological polar surface area (TPSA) is 63.2 Å². The van der Waals surface area contributed by atoms with Gasteiger partial charge in [-0.1, -0.05) is 89.6 Å². The molecule has 1 N–H and O–H groups in total. The van der Waals surface area contributed by atoms with Crippen molar-refractivity contribution >= 4 is 21.5 Å². The number of hydrogen-bond donors (Lipinski definition) is 1. The van der Waals surface area contributed by atoms with Crippen LogP contribution in [0.25, 0.3) is 0 Å². The van der Waals surface area contributed by atoms with Crippen molar-refractivity contribution in [1.29, 1.82) is 0 Å². The van der Waals surface area contributed by atoms with Crippen molar-refractivity contribution in [2.75, 3.05) is 4.72 Å². The van der Waals surface area contributed by atoms with E-state index >= 15 is 0 Å². The van der Waals surface area contributed by atoms with Gasteiger partial charge < -0.3 is 0 Å². The average molecular weight is 470 g/mol. The zero-order valence-corrected chi connectivity index (χ0v) is 22.3. The summed E-state index contributed by atoms with van der Waals surface area (Å²) in [5.41, 5.74) is 3.93. The molecule has 0 atom stereocenters. The Morgan fingerprint density at radius 3 is 1.70 bits per heavy atom. The van der Waals surface area contributed by atoms with Crippen molar-refractivity contribution in [3.8, 4) is 0 Å². The lowest BCUT2D eigenvalue weighted by Gasteiger charge is -2.15. The Hall–Kier alpha value is -2.92. The molecule has 3 rings (SSSR count). The Morgan fingerprint density at radius 1 is 0.697 bits per heavy atom. The standard InChI is InChI=1S/C22H21NO3S.3C2H6/c1-15-9-11-19(12-10-15)27(25,26)23-21-14-17(3)16(2)13-20(21)22(24)18-7-5-4-6-8-18;3*1-2/h4-14,23H,1-3H3;3*1-2H3. The van der Waals surface area contributed by atoms with Crippen LogP contribution in [-0.4, -0.2) is 14.2 Å². The van der Waals surface area contributed by atoms with Crippen molar-refractivity contribution < 1.29 is 13.2 Å². The number of nitrogens with one attached hydrogen (secondary N) is 1. The number of rotatable bonds is 5. The van der Waals surface area contributed by atoms with Crippen LogP contribution in [0.1, 0.15) is 74.2 Å². The second-order valence-electron chi connectivity index (χ2n) is 6.60. The zero-order valence-electron chi connectivity index (χ0n) is 21.5. The van der Waals surface area contributed by atoms with Crippen molar-refractivity contribution in [2.24, 2.45) is 0 Å². The van der Waals surface area contributed by atoms with Gasteiger partial charge in [-0.15, -0.1) is 0 Å². The summed E-state index contributed by atoms with van der Waals surface area (Å²) in [6.45, 7) is 17.7. The zero-order chi connectivity index (χ0) is 25.6. The first-order chi connectivity index (χ1) is 15.8. The van der Waals surface area contributed by atoms with Crippen LogP contribution in [0.2, 0.25) is 0 Å². The van der Waals surface area contributed by atoms with E-state index in [0.717, 1.165) is 16.7 Å². The molecule has 0 aliphatic rings. The fourth-order valence-electron chi connectivity index (χ4n) is 2.75. The largest absolute Gasteiger partial charge is 0.289 e. The summed E-state index contributed by atoms with van der Waals surface area (Å²) < 4.78 is 28.2. The molecule has 5 heteroatoms. The Bertz CT molecular complexity index is 1090. The number of hydrogen-bond acceptors (Lipinski definition) is 3. The van der Waals surface area contributed by atoms with Crippen molar-refractivity contribution in [3.05, 3.63) is 94.5 Å². The molecule has 180 valence electrons. The van der Waals surface area contributed by atoms with Crippen LogP contribution in [0.4, 0.5) is 5.69 Å². The van der Waals surface area contributed by atoms with Gasteiger partial charge in [0.15, 0.2) is 5.78 Å². The summed E-state index contributed by atoms with van der Waals surface area (Å²) in [7, 11) is -3.80. The van der Waals surface area contributed by atoms with Crippen LogP contribution >= 0.6 is 0 Å². The number of benzene rings is 3. The molecule has 0 amide bonds. The Balaban J connectivity index is 0.00000158. The predicted molar refractivity (Wildman–Crippen MR) is 142 cm³/mol. The molecular formula is C28H39NO3S. The fourth-order valence-corrected chi connectivity index (χ4v) is 3.83. The molecule has 0 bridgehead atoms. The summed E-state index contributed by atoms with van der Waals surface area (Å²) >= 11 is 0. The minimum Gasteiger partial charge on any atom is -0.289 e. The van der Waals surface area contributed by atoms with Gasteiger partial charge in [-0.2, -0.15) is 0 Å². The van der Waals surface area contributed by atoms with E-state index in [2.05, 4.69) is 4.72 Å². The molecule has 0 saturated carbocycles. The SMILES string of the molecule is CC.CC.CC.Cc1ccc(S(=O)(=O)Nc2cc(C)c(C)cc2C(=O)c2ccccc2)cc1. The smallest absolute Gasteiger partial charge is 0.261 e. The van der Waals surface area contributed by atoms with E-state index in [0.29, 0.717) is 11.1 Å². The minimum absolute atomic E-state index is 0.157. The van der Waals surface area contributed by atoms with Gasteiger partial charge in [-0.3, -0.25) is 9.52 Å². The number of ketones is 1. The van der Waals surface area contributed by atoms with Crippen LogP contribution < -0.4 is 4.72 Å². The lowest BCUT2D eigenvalue weighted by atomic mass is 9.97. The first kappa shape index (κ1) is 30.1. The maximum absolute atomic E-state index is 13.0. The normalized spacial score (nSPS) is 9.73. The van der Waals surface area contributed by atoms with Crippen molar-refractivity contribution in [3.63, 3.8) is 0 Å². The second kappa shape index (κ2) is 15.0. The number of aryl methyl sites for hydroxylation is 3. The minimum atomic E-state index is -3.80. The van der Waals surface area contributed by atoms with Crippen molar-refractivity contribution in [2.45, 2.75) is 67.2 Å². The molecule has 0 spiro atoms. The van der Waals surface area contributed by atoms with Gasteiger partial charge in [0.2, 0.25) is 0 Å². The highest BCUT2D eigenvalue weighted by Gasteiger charge is 2.20. The highest BCUT2D eigenvalue weighted by molar-refractivity contribution is 7.92. The lowest BCUT2D eigenvalue weighted by Crippen LogP contribution is -2.16. The van der Waals surface area contributed by atoms with E-state index in [1.807, 2.05) is 68.4 Å². The summed E-state index contributed by atoms with van der Waals surface area (Å²) in [6.07, 6.45) is 0. The van der Waals surface area contributed by atoms with E-state index in [1.165, 1.54) is 0 Å². The Morgan fingerprint density at radius 2 is 1.18 bits per heavy atom. The number of anilines is 1. The highest BCUT2D eigenvalue weighted by atomic mass is 32.2. The highest BCUT2D eigenvalue weighted by Crippen LogP contribution is 2.26. The van der Waals surface area contributed by atoms with Crippen LogP contribution in [-0.2, 0) is 10.0 Å². The van der Waals surface area contributed by atoms with Crippen LogP contribution in [0.5, 0.6) is 0 Å². The van der Waals surface area contributed by atoms with E-state index < -0.39 is 10.0 Å². The molecule has 0 radical (unpaired) electrons.